The maximum Gasteiger partial charge on any atom is 0.254 e. The van der Waals surface area contributed by atoms with Gasteiger partial charge in [-0.05, 0) is 63.5 Å². The zero-order valence-corrected chi connectivity index (χ0v) is 19.8. The lowest BCUT2D eigenvalue weighted by atomic mass is 10.0. The number of aryl methyl sites for hydroxylation is 3. The molecule has 1 saturated heterocycles. The number of nitrogens with one attached hydrogen (secondary N) is 1. The highest BCUT2D eigenvalue weighted by Crippen LogP contribution is 2.29. The van der Waals surface area contributed by atoms with Gasteiger partial charge in [0, 0.05) is 60.7 Å². The minimum Gasteiger partial charge on any atom is -0.473 e. The monoisotopic (exact) mass is 448 g/mol. The highest BCUT2D eigenvalue weighted by Gasteiger charge is 2.28. The quantitative estimate of drug-likeness (QED) is 0.512. The van der Waals surface area contributed by atoms with Gasteiger partial charge in [-0.15, -0.1) is 0 Å². The number of anilines is 2. The SMILES string of the molecule is Cc1ccc(Nc2cc(C)nc([C@H]3CCN(C(=O)CCc4cc(OC(C)C)no4)C3)c2)cc1. The van der Waals surface area contributed by atoms with Gasteiger partial charge in [-0.1, -0.05) is 17.7 Å². The van der Waals surface area contributed by atoms with E-state index < -0.39 is 0 Å². The van der Waals surface area contributed by atoms with E-state index in [9.17, 15) is 4.79 Å². The van der Waals surface area contributed by atoms with Crippen molar-refractivity contribution in [3.63, 3.8) is 0 Å². The number of rotatable bonds is 8. The Morgan fingerprint density at radius 2 is 1.97 bits per heavy atom. The van der Waals surface area contributed by atoms with Crippen LogP contribution in [0.4, 0.5) is 11.4 Å². The lowest BCUT2D eigenvalue weighted by Crippen LogP contribution is -2.28. The molecule has 0 unspecified atom stereocenters. The number of pyridine rings is 1. The second kappa shape index (κ2) is 10.1. The summed E-state index contributed by atoms with van der Waals surface area (Å²) in [6, 6.07) is 14.3. The summed E-state index contributed by atoms with van der Waals surface area (Å²) < 4.78 is 10.8. The Morgan fingerprint density at radius 1 is 1.18 bits per heavy atom. The van der Waals surface area contributed by atoms with Crippen molar-refractivity contribution in [3.8, 4) is 5.88 Å². The number of amides is 1. The van der Waals surface area contributed by atoms with Crippen LogP contribution in [0.3, 0.4) is 0 Å². The standard InChI is InChI=1S/C26H32N4O3/c1-17(2)32-25-15-23(33-29-25)9-10-26(31)30-12-11-20(16-30)24-14-22(13-19(4)27-24)28-21-7-5-18(3)6-8-21/h5-8,13-15,17,20H,9-12,16H2,1-4H3,(H,27,28)/t20-/m0/s1. The van der Waals surface area contributed by atoms with Crippen LogP contribution in [0.5, 0.6) is 5.88 Å². The number of likely N-dealkylation sites (tertiary alicyclic amines) is 1. The number of carbonyl (C=O) groups excluding carboxylic acids is 1. The van der Waals surface area contributed by atoms with Crippen molar-refractivity contribution in [1.29, 1.82) is 0 Å². The summed E-state index contributed by atoms with van der Waals surface area (Å²) >= 11 is 0. The number of hydrogen-bond donors (Lipinski definition) is 1. The van der Waals surface area contributed by atoms with Crippen molar-refractivity contribution in [2.45, 2.75) is 59.0 Å². The first-order valence-electron chi connectivity index (χ1n) is 11.6. The summed E-state index contributed by atoms with van der Waals surface area (Å²) in [5.74, 6) is 1.51. The molecule has 1 fully saturated rings. The van der Waals surface area contributed by atoms with E-state index in [-0.39, 0.29) is 17.9 Å². The van der Waals surface area contributed by atoms with Crippen molar-refractivity contribution >= 4 is 17.3 Å². The Morgan fingerprint density at radius 3 is 2.73 bits per heavy atom. The lowest BCUT2D eigenvalue weighted by Gasteiger charge is -2.17. The Bertz CT molecular complexity index is 1090. The van der Waals surface area contributed by atoms with Crippen LogP contribution in [0.1, 0.15) is 55.3 Å². The highest BCUT2D eigenvalue weighted by molar-refractivity contribution is 5.76. The molecule has 1 aliphatic heterocycles. The summed E-state index contributed by atoms with van der Waals surface area (Å²) in [7, 11) is 0. The van der Waals surface area contributed by atoms with E-state index in [4.69, 9.17) is 14.2 Å². The van der Waals surface area contributed by atoms with Gasteiger partial charge in [0.1, 0.15) is 5.76 Å². The van der Waals surface area contributed by atoms with Crippen LogP contribution >= 0.6 is 0 Å². The normalized spacial score (nSPS) is 15.8. The molecule has 0 aliphatic carbocycles. The fourth-order valence-electron chi connectivity index (χ4n) is 4.10. The number of benzene rings is 1. The molecule has 1 aliphatic rings. The second-order valence-electron chi connectivity index (χ2n) is 9.04. The van der Waals surface area contributed by atoms with E-state index in [1.807, 2.05) is 25.7 Å². The van der Waals surface area contributed by atoms with E-state index in [1.54, 1.807) is 6.07 Å². The predicted molar refractivity (Wildman–Crippen MR) is 128 cm³/mol. The van der Waals surface area contributed by atoms with Crippen LogP contribution in [0.25, 0.3) is 0 Å². The molecule has 0 bridgehead atoms. The summed E-state index contributed by atoms with van der Waals surface area (Å²) in [4.78, 5) is 19.5. The molecule has 4 rings (SSSR count). The molecule has 3 heterocycles. The van der Waals surface area contributed by atoms with Gasteiger partial charge in [-0.2, -0.15) is 0 Å². The first-order valence-corrected chi connectivity index (χ1v) is 11.6. The van der Waals surface area contributed by atoms with Crippen molar-refractivity contribution in [1.82, 2.24) is 15.0 Å². The molecule has 0 radical (unpaired) electrons. The summed E-state index contributed by atoms with van der Waals surface area (Å²) in [6.07, 6.45) is 1.86. The van der Waals surface area contributed by atoms with Gasteiger partial charge in [0.2, 0.25) is 5.91 Å². The van der Waals surface area contributed by atoms with Gasteiger partial charge in [0.15, 0.2) is 0 Å². The minimum atomic E-state index is 0.0361. The van der Waals surface area contributed by atoms with Gasteiger partial charge in [0.25, 0.3) is 5.88 Å². The molecule has 1 aromatic carbocycles. The molecular formula is C26H32N4O3. The first-order chi connectivity index (χ1) is 15.9. The molecule has 2 aromatic heterocycles. The third-order valence-electron chi connectivity index (χ3n) is 5.75. The topological polar surface area (TPSA) is 80.5 Å². The fraction of sp³-hybridized carbons (Fsp3) is 0.423. The molecule has 7 nitrogen and oxygen atoms in total. The summed E-state index contributed by atoms with van der Waals surface area (Å²) in [6.45, 7) is 9.40. The predicted octanol–water partition coefficient (Wildman–Crippen LogP) is 5.17. The molecular weight excluding hydrogens is 416 g/mol. The zero-order valence-electron chi connectivity index (χ0n) is 19.8. The van der Waals surface area contributed by atoms with Crippen molar-refractivity contribution in [2.75, 3.05) is 18.4 Å². The molecule has 33 heavy (non-hydrogen) atoms. The zero-order chi connectivity index (χ0) is 23.4. The van der Waals surface area contributed by atoms with E-state index in [2.05, 4.69) is 53.8 Å². The third-order valence-corrected chi connectivity index (χ3v) is 5.75. The third kappa shape index (κ3) is 6.12. The first kappa shape index (κ1) is 22.8. The van der Waals surface area contributed by atoms with E-state index in [1.165, 1.54) is 5.56 Å². The molecule has 1 N–H and O–H groups in total. The van der Waals surface area contributed by atoms with E-state index >= 15 is 0 Å². The number of ether oxygens (including phenoxy) is 1. The largest absolute Gasteiger partial charge is 0.473 e. The van der Waals surface area contributed by atoms with Gasteiger partial charge in [-0.25, -0.2) is 0 Å². The Kier molecular flexibility index (Phi) is 6.96. The van der Waals surface area contributed by atoms with E-state index in [0.29, 0.717) is 31.0 Å². The Hall–Kier alpha value is -3.35. The summed E-state index contributed by atoms with van der Waals surface area (Å²) in [5.41, 5.74) is 5.31. The van der Waals surface area contributed by atoms with Crippen LogP contribution in [0.2, 0.25) is 0 Å². The minimum absolute atomic E-state index is 0.0361. The number of aromatic nitrogens is 2. The number of carbonyl (C=O) groups is 1. The molecule has 174 valence electrons. The highest BCUT2D eigenvalue weighted by atomic mass is 16.5. The molecule has 0 saturated carbocycles. The Balaban J connectivity index is 1.34. The molecule has 1 amide bonds. The van der Waals surface area contributed by atoms with Crippen LogP contribution in [0.15, 0.2) is 47.0 Å². The number of nitrogens with zero attached hydrogens (tertiary/aromatic N) is 3. The van der Waals surface area contributed by atoms with Crippen molar-refractivity contribution in [2.24, 2.45) is 0 Å². The number of hydrogen-bond acceptors (Lipinski definition) is 6. The summed E-state index contributed by atoms with van der Waals surface area (Å²) in [5, 5.41) is 7.37. The second-order valence-corrected chi connectivity index (χ2v) is 9.04. The average Bonchev–Trinajstić information content (AvgIpc) is 3.43. The maximum absolute atomic E-state index is 12.8. The van der Waals surface area contributed by atoms with Gasteiger partial charge >= 0.3 is 0 Å². The van der Waals surface area contributed by atoms with Crippen LogP contribution < -0.4 is 10.1 Å². The van der Waals surface area contributed by atoms with Crippen LogP contribution in [-0.4, -0.2) is 40.1 Å². The lowest BCUT2D eigenvalue weighted by molar-refractivity contribution is -0.130. The van der Waals surface area contributed by atoms with Crippen molar-refractivity contribution in [3.05, 3.63) is 65.2 Å². The van der Waals surface area contributed by atoms with Crippen LogP contribution in [-0.2, 0) is 11.2 Å². The fourth-order valence-corrected chi connectivity index (χ4v) is 4.10. The van der Waals surface area contributed by atoms with E-state index in [0.717, 1.165) is 35.7 Å². The average molecular weight is 449 g/mol. The molecule has 7 heteroatoms. The molecule has 0 spiro atoms. The van der Waals surface area contributed by atoms with Crippen LogP contribution in [0, 0.1) is 13.8 Å². The molecule has 3 aromatic rings. The van der Waals surface area contributed by atoms with Gasteiger partial charge in [-0.3, -0.25) is 9.78 Å². The Labute approximate surface area is 195 Å². The molecule has 1 atom stereocenters. The van der Waals surface area contributed by atoms with Crippen molar-refractivity contribution < 1.29 is 14.1 Å². The van der Waals surface area contributed by atoms with Gasteiger partial charge in [0.05, 0.1) is 6.10 Å². The van der Waals surface area contributed by atoms with Gasteiger partial charge < -0.3 is 19.5 Å². The smallest absolute Gasteiger partial charge is 0.254 e. The maximum atomic E-state index is 12.8.